The highest BCUT2D eigenvalue weighted by Crippen LogP contribution is 2.25. The fraction of sp³-hybridized carbons (Fsp3) is 0.417. The van der Waals surface area contributed by atoms with Crippen molar-refractivity contribution in [3.05, 3.63) is 21.5 Å². The third-order valence-corrected chi connectivity index (χ3v) is 3.74. The highest BCUT2D eigenvalue weighted by atomic mass is 127. The van der Waals surface area contributed by atoms with Gasteiger partial charge in [-0.1, -0.05) is 0 Å². The van der Waals surface area contributed by atoms with Crippen LogP contribution in [0, 0.1) is 9.39 Å². The summed E-state index contributed by atoms with van der Waals surface area (Å²) in [5.41, 5.74) is 6.89. The van der Waals surface area contributed by atoms with E-state index in [1.807, 2.05) is 36.4 Å². The van der Waals surface area contributed by atoms with E-state index in [0.717, 1.165) is 0 Å². The Labute approximate surface area is 118 Å². The molecule has 0 unspecified atom stereocenters. The summed E-state index contributed by atoms with van der Waals surface area (Å²) < 4.78 is 21.3. The first-order valence-corrected chi connectivity index (χ1v) is 6.58. The number of nitrogen functional groups attached to an aromatic ring is 1. The van der Waals surface area contributed by atoms with Crippen LogP contribution in [-0.4, -0.2) is 22.3 Å². The molecule has 1 aromatic carbocycles. The molecule has 2 rings (SSSR count). The molecule has 2 aromatic rings. The molecule has 0 radical (unpaired) electrons. The smallest absolute Gasteiger partial charge is 0.201 e. The van der Waals surface area contributed by atoms with Gasteiger partial charge < -0.3 is 15.0 Å². The molecule has 6 heteroatoms. The van der Waals surface area contributed by atoms with Gasteiger partial charge in [0.05, 0.1) is 26.7 Å². The summed E-state index contributed by atoms with van der Waals surface area (Å²) in [6, 6.07) is 3.16. The van der Waals surface area contributed by atoms with Crippen LogP contribution < -0.4 is 5.73 Å². The zero-order valence-corrected chi connectivity index (χ0v) is 12.7. The largest absolute Gasteiger partial charge is 0.377 e. The van der Waals surface area contributed by atoms with Gasteiger partial charge in [0.25, 0.3) is 0 Å². The highest BCUT2D eigenvalue weighted by Gasteiger charge is 2.21. The number of hydrogen-bond acceptors (Lipinski definition) is 3. The number of aromatic nitrogens is 2. The molecule has 0 spiro atoms. The third kappa shape index (κ3) is 2.44. The molecule has 4 nitrogen and oxygen atoms in total. The number of benzene rings is 1. The minimum absolute atomic E-state index is 0.264. The van der Waals surface area contributed by atoms with E-state index < -0.39 is 0 Å². The molecule has 0 atom stereocenters. The molecular formula is C12H15FIN3O. The maximum Gasteiger partial charge on any atom is 0.201 e. The van der Waals surface area contributed by atoms with Gasteiger partial charge in [0.2, 0.25) is 5.95 Å². The van der Waals surface area contributed by atoms with E-state index in [2.05, 4.69) is 4.98 Å². The Kier molecular flexibility index (Phi) is 3.50. The zero-order chi connectivity index (χ0) is 13.5. The Morgan fingerprint density at radius 3 is 2.78 bits per heavy atom. The number of rotatable bonds is 3. The molecule has 0 aliphatic rings. The number of hydrogen-bond donors (Lipinski definition) is 1. The lowest BCUT2D eigenvalue weighted by Gasteiger charge is -2.24. The van der Waals surface area contributed by atoms with E-state index in [1.165, 1.54) is 6.07 Å². The lowest BCUT2D eigenvalue weighted by Crippen LogP contribution is -2.29. The van der Waals surface area contributed by atoms with E-state index in [1.54, 1.807) is 17.7 Å². The zero-order valence-electron chi connectivity index (χ0n) is 10.5. The van der Waals surface area contributed by atoms with Crippen LogP contribution in [-0.2, 0) is 11.3 Å². The minimum atomic E-state index is -0.388. The van der Waals surface area contributed by atoms with Gasteiger partial charge in [0, 0.05) is 13.2 Å². The van der Waals surface area contributed by atoms with Gasteiger partial charge in [-0.25, -0.2) is 9.37 Å². The highest BCUT2D eigenvalue weighted by molar-refractivity contribution is 14.1. The van der Waals surface area contributed by atoms with E-state index in [-0.39, 0.29) is 11.4 Å². The van der Waals surface area contributed by atoms with Gasteiger partial charge in [0.15, 0.2) is 0 Å². The number of halogens is 2. The first kappa shape index (κ1) is 13.5. The molecule has 0 amide bonds. The lowest BCUT2D eigenvalue weighted by molar-refractivity contribution is 0.00946. The summed E-state index contributed by atoms with van der Waals surface area (Å²) in [5, 5.41) is 0. The van der Waals surface area contributed by atoms with Crippen molar-refractivity contribution in [2.24, 2.45) is 0 Å². The molecule has 0 aliphatic heterocycles. The minimum Gasteiger partial charge on any atom is -0.377 e. The number of methoxy groups -OCH3 is 1. The lowest BCUT2D eigenvalue weighted by atomic mass is 10.1. The van der Waals surface area contributed by atoms with Gasteiger partial charge in [-0.05, 0) is 42.5 Å². The van der Waals surface area contributed by atoms with Crippen LogP contribution in [0.5, 0.6) is 0 Å². The predicted octanol–water partition coefficient (Wildman–Crippen LogP) is 2.79. The second kappa shape index (κ2) is 4.65. The van der Waals surface area contributed by atoms with Crippen LogP contribution in [0.25, 0.3) is 11.0 Å². The Morgan fingerprint density at radius 2 is 2.17 bits per heavy atom. The number of anilines is 1. The second-order valence-corrected chi connectivity index (χ2v) is 5.94. The van der Waals surface area contributed by atoms with Crippen molar-refractivity contribution >= 4 is 39.6 Å². The summed E-state index contributed by atoms with van der Waals surface area (Å²) >= 11 is 1.94. The Morgan fingerprint density at radius 1 is 1.50 bits per heavy atom. The first-order chi connectivity index (χ1) is 8.34. The maximum atomic E-state index is 13.6. The standard InChI is InChI=1S/C12H15FIN3O/c1-12(2,18-3)6-17-10-4-7(13)8(14)5-9(10)16-11(17)15/h4-5H,6H2,1-3H3,(H2,15,16). The van der Waals surface area contributed by atoms with Crippen molar-refractivity contribution < 1.29 is 9.13 Å². The van der Waals surface area contributed by atoms with Crippen LogP contribution >= 0.6 is 22.6 Å². The molecule has 98 valence electrons. The van der Waals surface area contributed by atoms with Gasteiger partial charge in [-0.2, -0.15) is 0 Å². The Hall–Kier alpha value is -0.890. The quantitative estimate of drug-likeness (QED) is 0.854. The molecular weight excluding hydrogens is 348 g/mol. The van der Waals surface area contributed by atoms with Gasteiger partial charge in [-0.3, -0.25) is 0 Å². The Bertz CT molecular complexity index is 595. The van der Waals surface area contributed by atoms with Crippen molar-refractivity contribution in [2.45, 2.75) is 26.0 Å². The van der Waals surface area contributed by atoms with Crippen LogP contribution in [0.15, 0.2) is 12.1 Å². The van der Waals surface area contributed by atoms with Crippen molar-refractivity contribution in [3.63, 3.8) is 0 Å². The summed E-state index contributed by atoms with van der Waals surface area (Å²) in [5.74, 6) is 0.107. The van der Waals surface area contributed by atoms with E-state index >= 15 is 0 Å². The van der Waals surface area contributed by atoms with E-state index in [4.69, 9.17) is 10.5 Å². The fourth-order valence-corrected chi connectivity index (χ4v) is 2.20. The van der Waals surface area contributed by atoms with Crippen LogP contribution in [0.1, 0.15) is 13.8 Å². The van der Waals surface area contributed by atoms with E-state index in [9.17, 15) is 4.39 Å². The number of nitrogens with two attached hydrogens (primary N) is 1. The van der Waals surface area contributed by atoms with Crippen molar-refractivity contribution in [2.75, 3.05) is 12.8 Å². The molecule has 1 aromatic heterocycles. The molecule has 2 N–H and O–H groups in total. The monoisotopic (exact) mass is 363 g/mol. The van der Waals surface area contributed by atoms with Crippen LogP contribution in [0.3, 0.4) is 0 Å². The fourth-order valence-electron chi connectivity index (χ4n) is 1.75. The molecule has 0 saturated carbocycles. The third-order valence-electron chi connectivity index (χ3n) is 2.91. The average molecular weight is 363 g/mol. The second-order valence-electron chi connectivity index (χ2n) is 4.77. The predicted molar refractivity (Wildman–Crippen MR) is 77.9 cm³/mol. The van der Waals surface area contributed by atoms with Gasteiger partial charge >= 0.3 is 0 Å². The normalized spacial score (nSPS) is 12.3. The topological polar surface area (TPSA) is 53.1 Å². The summed E-state index contributed by atoms with van der Waals surface area (Å²) in [6.45, 7) is 4.41. The summed E-state index contributed by atoms with van der Waals surface area (Å²) in [4.78, 5) is 4.25. The maximum absolute atomic E-state index is 13.6. The van der Waals surface area contributed by atoms with Crippen molar-refractivity contribution in [1.82, 2.24) is 9.55 Å². The summed E-state index contributed by atoms with van der Waals surface area (Å²) in [7, 11) is 1.64. The van der Waals surface area contributed by atoms with Crippen molar-refractivity contribution in [3.8, 4) is 0 Å². The molecule has 18 heavy (non-hydrogen) atoms. The Balaban J connectivity index is 2.57. The van der Waals surface area contributed by atoms with Crippen LogP contribution in [0.4, 0.5) is 10.3 Å². The summed E-state index contributed by atoms with van der Waals surface area (Å²) in [6.07, 6.45) is 0. The van der Waals surface area contributed by atoms with Crippen LogP contribution in [0.2, 0.25) is 0 Å². The van der Waals surface area contributed by atoms with E-state index in [0.29, 0.717) is 27.1 Å². The van der Waals surface area contributed by atoms with Gasteiger partial charge in [0.1, 0.15) is 5.82 Å². The average Bonchev–Trinajstić information content (AvgIpc) is 2.57. The number of fused-ring (bicyclic) bond motifs is 1. The number of nitrogens with zero attached hydrogens (tertiary/aromatic N) is 2. The molecule has 0 bridgehead atoms. The van der Waals surface area contributed by atoms with Crippen molar-refractivity contribution in [1.29, 1.82) is 0 Å². The number of ether oxygens (including phenoxy) is 1. The first-order valence-electron chi connectivity index (χ1n) is 5.50. The molecule has 0 saturated heterocycles. The molecule has 1 heterocycles. The molecule has 0 fully saturated rings. The molecule has 0 aliphatic carbocycles. The number of imidazole rings is 1. The van der Waals surface area contributed by atoms with Gasteiger partial charge in [-0.15, -0.1) is 0 Å². The SMILES string of the molecule is COC(C)(C)Cn1c(N)nc2cc(I)c(F)cc21.